The lowest BCUT2D eigenvalue weighted by Crippen LogP contribution is -2.53. The second-order valence-corrected chi connectivity index (χ2v) is 14.4. The smallest absolute Gasteiger partial charge is 0.286 e. The van der Waals surface area contributed by atoms with Gasteiger partial charge in [0.1, 0.15) is 5.69 Å². The fraction of sp³-hybridized carbons (Fsp3) is 0.452. The van der Waals surface area contributed by atoms with Crippen molar-refractivity contribution in [3.8, 4) is 11.1 Å². The van der Waals surface area contributed by atoms with E-state index in [9.17, 15) is 8.78 Å². The molecule has 0 amide bonds. The van der Waals surface area contributed by atoms with E-state index in [-0.39, 0.29) is 17.8 Å². The van der Waals surface area contributed by atoms with Gasteiger partial charge in [0.2, 0.25) is 0 Å². The Hall–Kier alpha value is -3.66. The summed E-state index contributed by atoms with van der Waals surface area (Å²) in [5.41, 5.74) is 4.40. The van der Waals surface area contributed by atoms with Gasteiger partial charge >= 0.3 is 0 Å². The van der Waals surface area contributed by atoms with Gasteiger partial charge in [-0.25, -0.2) is 13.8 Å². The number of hydrazine groups is 1. The summed E-state index contributed by atoms with van der Waals surface area (Å²) >= 11 is 6.36. The van der Waals surface area contributed by atoms with Crippen molar-refractivity contribution in [1.29, 1.82) is 0 Å². The molecule has 2 aromatic carbocycles. The Morgan fingerprint density at radius 1 is 1.00 bits per heavy atom. The summed E-state index contributed by atoms with van der Waals surface area (Å²) in [5.74, 6) is -4.64. The predicted molar refractivity (Wildman–Crippen MR) is 207 cm³/mol. The van der Waals surface area contributed by atoms with Crippen LogP contribution in [0, 0.1) is 11.6 Å². The SMILES string of the molecule is C=CN(Cc1ccc(CCCN2CCCCC2)c(F)c1F)N(C)C(CC)(CC)/C(C)=C(\C)C(=C)Nc1ccc(Cl)cc1-c1ccc(C(C)(F)F)nc1. The van der Waals surface area contributed by atoms with Gasteiger partial charge in [-0.15, -0.1) is 0 Å². The Morgan fingerprint density at radius 2 is 1.65 bits per heavy atom. The molecule has 0 bridgehead atoms. The lowest BCUT2D eigenvalue weighted by molar-refractivity contribution is -0.0484. The zero-order chi connectivity index (χ0) is 38.2. The minimum atomic E-state index is -3.05. The Balaban J connectivity index is 1.54. The van der Waals surface area contributed by atoms with Gasteiger partial charge in [-0.1, -0.05) is 63.2 Å². The Morgan fingerprint density at radius 3 is 2.25 bits per heavy atom. The third-order valence-corrected chi connectivity index (χ3v) is 11.1. The van der Waals surface area contributed by atoms with Crippen molar-refractivity contribution in [2.24, 2.45) is 0 Å². The summed E-state index contributed by atoms with van der Waals surface area (Å²) in [7, 11) is 1.94. The molecule has 0 unspecified atom stereocenters. The Kier molecular flexibility index (Phi) is 14.2. The first kappa shape index (κ1) is 41.1. The van der Waals surface area contributed by atoms with Gasteiger partial charge < -0.3 is 15.2 Å². The van der Waals surface area contributed by atoms with Crippen LogP contribution in [0.5, 0.6) is 0 Å². The average Bonchev–Trinajstić information content (AvgIpc) is 3.14. The van der Waals surface area contributed by atoms with Crippen LogP contribution in [0.4, 0.5) is 23.2 Å². The van der Waals surface area contributed by atoms with Gasteiger partial charge in [0.05, 0.1) is 12.1 Å². The van der Waals surface area contributed by atoms with Crippen LogP contribution in [-0.4, -0.2) is 52.1 Å². The van der Waals surface area contributed by atoms with Crippen LogP contribution in [0.25, 0.3) is 11.1 Å². The molecule has 10 heteroatoms. The number of alkyl halides is 2. The number of aryl methyl sites for hydroxylation is 1. The number of piperidine rings is 1. The maximum Gasteiger partial charge on any atom is 0.286 e. The number of halogens is 5. The lowest BCUT2D eigenvalue weighted by Gasteiger charge is -2.48. The number of hydrogen-bond acceptors (Lipinski definition) is 5. The van der Waals surface area contributed by atoms with Crippen molar-refractivity contribution >= 4 is 17.3 Å². The number of benzene rings is 2. The van der Waals surface area contributed by atoms with Gasteiger partial charge in [0, 0.05) is 59.5 Å². The molecule has 282 valence electrons. The molecule has 2 heterocycles. The first-order chi connectivity index (χ1) is 24.7. The number of likely N-dealkylation sites (N-methyl/N-ethyl adjacent to an activating group) is 1. The molecule has 3 aromatic rings. The summed E-state index contributed by atoms with van der Waals surface area (Å²) in [5, 5.41) is 7.80. The van der Waals surface area contributed by atoms with Crippen molar-refractivity contribution in [3.63, 3.8) is 0 Å². The predicted octanol–water partition coefficient (Wildman–Crippen LogP) is 11.5. The first-order valence-corrected chi connectivity index (χ1v) is 18.6. The average molecular weight is 740 g/mol. The molecule has 0 spiro atoms. The monoisotopic (exact) mass is 739 g/mol. The third-order valence-electron chi connectivity index (χ3n) is 10.8. The molecular weight excluding hydrogens is 686 g/mol. The van der Waals surface area contributed by atoms with E-state index in [1.807, 2.05) is 25.0 Å². The van der Waals surface area contributed by atoms with Crippen LogP contribution in [0.15, 0.2) is 84.9 Å². The minimum Gasteiger partial charge on any atom is -0.355 e. The molecule has 0 radical (unpaired) electrons. The summed E-state index contributed by atoms with van der Waals surface area (Å²) in [4.78, 5) is 6.40. The van der Waals surface area contributed by atoms with E-state index in [1.165, 1.54) is 31.5 Å². The molecule has 0 aliphatic carbocycles. The van der Waals surface area contributed by atoms with E-state index in [0.29, 0.717) is 52.4 Å². The number of allylic oxidation sites excluding steroid dienone is 1. The first-order valence-electron chi connectivity index (χ1n) is 18.3. The number of hydrogen-bond donors (Lipinski definition) is 1. The van der Waals surface area contributed by atoms with Crippen molar-refractivity contribution in [2.75, 3.05) is 32.0 Å². The van der Waals surface area contributed by atoms with Gasteiger partial charge in [0.25, 0.3) is 5.92 Å². The molecule has 4 rings (SSSR count). The van der Waals surface area contributed by atoms with Crippen LogP contribution in [-0.2, 0) is 18.9 Å². The topological polar surface area (TPSA) is 34.6 Å². The molecule has 1 saturated heterocycles. The molecule has 0 saturated carbocycles. The van der Waals surface area contributed by atoms with Gasteiger partial charge in [0.15, 0.2) is 11.6 Å². The van der Waals surface area contributed by atoms with Crippen molar-refractivity contribution in [1.82, 2.24) is 19.9 Å². The number of nitrogens with zero attached hydrogens (tertiary/aromatic N) is 4. The highest BCUT2D eigenvalue weighted by molar-refractivity contribution is 6.31. The van der Waals surface area contributed by atoms with E-state index in [0.717, 1.165) is 44.1 Å². The normalized spacial score (nSPS) is 14.7. The number of pyridine rings is 1. The molecular formula is C42H54ClF4N5. The zero-order valence-corrected chi connectivity index (χ0v) is 32.3. The van der Waals surface area contributed by atoms with E-state index < -0.39 is 23.1 Å². The van der Waals surface area contributed by atoms with E-state index in [1.54, 1.807) is 36.5 Å². The maximum absolute atomic E-state index is 15.6. The van der Waals surface area contributed by atoms with E-state index in [2.05, 4.69) is 54.1 Å². The summed E-state index contributed by atoms with van der Waals surface area (Å²) in [6, 6.07) is 11.7. The van der Waals surface area contributed by atoms with Crippen LogP contribution in [0.2, 0.25) is 5.02 Å². The fourth-order valence-corrected chi connectivity index (χ4v) is 7.50. The van der Waals surface area contributed by atoms with Crippen molar-refractivity contribution in [3.05, 3.63) is 118 Å². The summed E-state index contributed by atoms with van der Waals surface area (Å²) < 4.78 is 58.6. The zero-order valence-electron chi connectivity index (χ0n) is 31.6. The fourth-order valence-electron chi connectivity index (χ4n) is 7.32. The van der Waals surface area contributed by atoms with Gasteiger partial charge in [-0.2, -0.15) is 8.78 Å². The molecule has 1 aromatic heterocycles. The van der Waals surface area contributed by atoms with Crippen LogP contribution in [0.1, 0.15) is 90.0 Å². The highest BCUT2D eigenvalue weighted by Gasteiger charge is 2.37. The molecule has 1 aliphatic rings. The number of rotatable bonds is 17. The Labute approximate surface area is 313 Å². The van der Waals surface area contributed by atoms with Crippen molar-refractivity contribution in [2.45, 2.75) is 97.6 Å². The second-order valence-electron chi connectivity index (χ2n) is 13.9. The Bertz CT molecular complexity index is 1720. The highest BCUT2D eigenvalue weighted by atomic mass is 35.5. The van der Waals surface area contributed by atoms with Crippen molar-refractivity contribution < 1.29 is 17.6 Å². The highest BCUT2D eigenvalue weighted by Crippen LogP contribution is 2.38. The van der Waals surface area contributed by atoms with Crippen LogP contribution < -0.4 is 5.32 Å². The minimum absolute atomic E-state index is 0.106. The quantitative estimate of drug-likeness (QED) is 0.0847. The number of aromatic nitrogens is 1. The van der Waals surface area contributed by atoms with Gasteiger partial charge in [-0.3, -0.25) is 4.98 Å². The molecule has 5 nitrogen and oxygen atoms in total. The standard InChI is InChI=1S/C42H54ClF4N5/c1-9-42(10-2,50(8)52(11-3)28-34-18-17-32(39(44)40(34)45)16-15-25-51-23-13-12-14-24-51)30(5)29(4)31(6)49-37-21-20-35(43)26-36(37)33-19-22-38(48-27-33)41(7,46)47/h11,17-22,26-27,49H,3,6,9-10,12-16,23-25,28H2,1-2,4-5,7-8H3/b30-29+. The molecule has 52 heavy (non-hydrogen) atoms. The molecule has 1 aliphatic heterocycles. The maximum atomic E-state index is 15.6. The molecule has 1 N–H and O–H groups in total. The summed E-state index contributed by atoms with van der Waals surface area (Å²) in [6.07, 6.45) is 9.44. The summed E-state index contributed by atoms with van der Waals surface area (Å²) in [6.45, 7) is 20.6. The van der Waals surface area contributed by atoms with E-state index >= 15 is 8.78 Å². The number of nitrogens with one attached hydrogen (secondary N) is 1. The van der Waals surface area contributed by atoms with E-state index in [4.69, 9.17) is 11.6 Å². The number of likely N-dealkylation sites (tertiary alicyclic amines) is 1. The number of anilines is 1. The third kappa shape index (κ3) is 9.46. The second kappa shape index (κ2) is 17.9. The van der Waals surface area contributed by atoms with Gasteiger partial charge in [-0.05, 0) is 113 Å². The lowest BCUT2D eigenvalue weighted by atomic mass is 9.81. The van der Waals surface area contributed by atoms with Crippen LogP contribution >= 0.6 is 11.6 Å². The van der Waals surface area contributed by atoms with Crippen LogP contribution in [0.3, 0.4) is 0 Å². The molecule has 0 atom stereocenters. The largest absolute Gasteiger partial charge is 0.355 e. The molecule has 1 fully saturated rings.